The van der Waals surface area contributed by atoms with Gasteiger partial charge in [0, 0.05) is 24.2 Å². The first kappa shape index (κ1) is 19.4. The number of carboxylic acid groups (broad SMARTS) is 1. The van der Waals surface area contributed by atoms with Gasteiger partial charge in [-0.2, -0.15) is 0 Å². The van der Waals surface area contributed by atoms with E-state index in [0.717, 1.165) is 30.4 Å². The van der Waals surface area contributed by atoms with Crippen LogP contribution in [0.5, 0.6) is 0 Å². The van der Waals surface area contributed by atoms with Crippen molar-refractivity contribution >= 4 is 17.2 Å². The van der Waals surface area contributed by atoms with Crippen molar-refractivity contribution in [3.05, 3.63) is 77.1 Å². The van der Waals surface area contributed by atoms with Crippen LogP contribution in [0, 0.1) is 18.3 Å². The Morgan fingerprint density at radius 2 is 2.14 bits per heavy atom. The van der Waals surface area contributed by atoms with Gasteiger partial charge in [0.05, 0.1) is 17.4 Å². The molecule has 3 rings (SSSR count). The molecule has 0 bridgehead atoms. The number of carboxylic acids is 1. The molecule has 1 aliphatic rings. The lowest BCUT2D eigenvalue weighted by molar-refractivity contribution is 0.0698. The Hall–Kier alpha value is -3.32. The lowest BCUT2D eigenvalue weighted by Gasteiger charge is -2.27. The predicted octanol–water partition coefficient (Wildman–Crippen LogP) is 5.03. The minimum Gasteiger partial charge on any atom is -0.478 e. The van der Waals surface area contributed by atoms with Gasteiger partial charge in [0.2, 0.25) is 0 Å². The molecule has 0 saturated heterocycles. The molecule has 0 radical (unpaired) electrons. The van der Waals surface area contributed by atoms with Crippen LogP contribution in [-0.2, 0) is 0 Å². The van der Waals surface area contributed by atoms with Crippen LogP contribution in [0.3, 0.4) is 0 Å². The Kier molecular flexibility index (Phi) is 6.29. The Balaban J connectivity index is 1.85. The van der Waals surface area contributed by atoms with Gasteiger partial charge in [-0.3, -0.25) is 4.98 Å². The fourth-order valence-electron chi connectivity index (χ4n) is 3.65. The average Bonchev–Trinajstić information content (AvgIpc) is 2.72. The number of benzene rings is 1. The predicted molar refractivity (Wildman–Crippen MR) is 113 cm³/mol. The zero-order valence-corrected chi connectivity index (χ0v) is 16.0. The normalized spacial score (nSPS) is 17.1. The van der Waals surface area contributed by atoms with E-state index in [0.29, 0.717) is 12.2 Å². The van der Waals surface area contributed by atoms with E-state index in [-0.39, 0.29) is 11.5 Å². The summed E-state index contributed by atoms with van der Waals surface area (Å²) >= 11 is 0. The second-order valence-electron chi connectivity index (χ2n) is 7.00. The van der Waals surface area contributed by atoms with E-state index < -0.39 is 5.97 Å². The number of nitrogens with one attached hydrogen (secondary N) is 1. The molecule has 0 saturated carbocycles. The Morgan fingerprint density at radius 1 is 1.36 bits per heavy atom. The van der Waals surface area contributed by atoms with E-state index in [1.54, 1.807) is 6.20 Å². The van der Waals surface area contributed by atoms with Crippen molar-refractivity contribution in [2.75, 3.05) is 11.9 Å². The second-order valence-corrected chi connectivity index (χ2v) is 7.00. The average molecular weight is 372 g/mol. The van der Waals surface area contributed by atoms with E-state index in [9.17, 15) is 9.90 Å². The quantitative estimate of drug-likeness (QED) is 0.699. The van der Waals surface area contributed by atoms with Crippen LogP contribution in [0.25, 0.3) is 5.57 Å². The summed E-state index contributed by atoms with van der Waals surface area (Å²) in [6.45, 7) is 2.80. The molecule has 1 unspecified atom stereocenters. The standard InChI is InChI=1S/C24H24N2O2/c1-3-18(19-9-5-4-6-10-19)14-22-17(2)8-7-11-20(22)15-26-23-16-25-13-12-21(23)24(27)28/h1,4-6,9-10,12-14,16,20,26H,7-8,11,15H2,2H3,(H,27,28)/b18-14+. The van der Waals surface area contributed by atoms with Gasteiger partial charge in [-0.15, -0.1) is 6.42 Å². The molecule has 2 aromatic rings. The summed E-state index contributed by atoms with van der Waals surface area (Å²) in [5.41, 5.74) is 5.26. The lowest BCUT2D eigenvalue weighted by Crippen LogP contribution is -2.21. The monoisotopic (exact) mass is 372 g/mol. The number of allylic oxidation sites excluding steroid dienone is 3. The summed E-state index contributed by atoms with van der Waals surface area (Å²) in [5.74, 6) is 2.13. The van der Waals surface area contributed by atoms with Crippen LogP contribution >= 0.6 is 0 Å². The highest BCUT2D eigenvalue weighted by molar-refractivity contribution is 5.93. The van der Waals surface area contributed by atoms with Gasteiger partial charge in [0.25, 0.3) is 0 Å². The topological polar surface area (TPSA) is 62.2 Å². The molecule has 1 aliphatic carbocycles. The number of aromatic carboxylic acids is 1. The summed E-state index contributed by atoms with van der Waals surface area (Å²) in [6, 6.07) is 11.5. The first-order valence-electron chi connectivity index (χ1n) is 9.44. The second kappa shape index (κ2) is 9.05. The van der Waals surface area contributed by atoms with E-state index in [1.165, 1.54) is 23.4 Å². The van der Waals surface area contributed by atoms with Gasteiger partial charge < -0.3 is 10.4 Å². The third-order valence-electron chi connectivity index (χ3n) is 5.17. The molecular weight excluding hydrogens is 348 g/mol. The fraction of sp³-hybridized carbons (Fsp3) is 0.250. The van der Waals surface area contributed by atoms with Gasteiger partial charge >= 0.3 is 5.97 Å². The van der Waals surface area contributed by atoms with Crippen molar-refractivity contribution < 1.29 is 9.90 Å². The van der Waals surface area contributed by atoms with Gasteiger partial charge in [0.1, 0.15) is 0 Å². The fourth-order valence-corrected chi connectivity index (χ4v) is 3.65. The largest absolute Gasteiger partial charge is 0.478 e. The van der Waals surface area contributed by atoms with E-state index in [1.807, 2.05) is 30.3 Å². The van der Waals surface area contributed by atoms with Crippen molar-refractivity contribution in [3.63, 3.8) is 0 Å². The Bertz CT molecular complexity index is 952. The molecule has 28 heavy (non-hydrogen) atoms. The van der Waals surface area contributed by atoms with Crippen molar-refractivity contribution in [1.82, 2.24) is 4.98 Å². The SMILES string of the molecule is C#C/C(=C\C1=C(C)CCCC1CNc1cnccc1C(=O)O)c1ccccc1. The Morgan fingerprint density at radius 3 is 2.86 bits per heavy atom. The molecule has 4 nitrogen and oxygen atoms in total. The first-order chi connectivity index (χ1) is 13.6. The maximum atomic E-state index is 11.4. The molecule has 2 N–H and O–H groups in total. The minimum atomic E-state index is -0.959. The van der Waals surface area contributed by atoms with Gasteiger partial charge in [-0.25, -0.2) is 4.79 Å². The number of rotatable bonds is 6. The molecule has 0 fully saturated rings. The molecule has 1 aromatic carbocycles. The number of hydrogen-bond acceptors (Lipinski definition) is 3. The zero-order chi connectivity index (χ0) is 19.9. The highest BCUT2D eigenvalue weighted by Gasteiger charge is 2.21. The van der Waals surface area contributed by atoms with Crippen molar-refractivity contribution in [3.8, 4) is 12.3 Å². The summed E-state index contributed by atoms with van der Waals surface area (Å²) in [4.78, 5) is 15.5. The van der Waals surface area contributed by atoms with E-state index in [4.69, 9.17) is 6.42 Å². The smallest absolute Gasteiger partial charge is 0.337 e. The minimum absolute atomic E-state index is 0.234. The van der Waals surface area contributed by atoms with E-state index >= 15 is 0 Å². The van der Waals surface area contributed by atoms with Crippen LogP contribution in [0.2, 0.25) is 0 Å². The van der Waals surface area contributed by atoms with E-state index in [2.05, 4.69) is 29.2 Å². The Labute approximate surface area is 166 Å². The van der Waals surface area contributed by atoms with Crippen molar-refractivity contribution in [2.45, 2.75) is 26.2 Å². The maximum absolute atomic E-state index is 11.4. The van der Waals surface area contributed by atoms with Crippen molar-refractivity contribution in [1.29, 1.82) is 0 Å². The molecule has 142 valence electrons. The van der Waals surface area contributed by atoms with Crippen LogP contribution in [0.1, 0.15) is 42.1 Å². The van der Waals surface area contributed by atoms with Gasteiger partial charge in [-0.05, 0) is 49.5 Å². The zero-order valence-electron chi connectivity index (χ0n) is 16.0. The molecular formula is C24H24N2O2. The molecule has 4 heteroatoms. The molecule has 0 aliphatic heterocycles. The molecule has 0 spiro atoms. The molecule has 0 amide bonds. The number of hydrogen-bond donors (Lipinski definition) is 2. The summed E-state index contributed by atoms with van der Waals surface area (Å²) in [7, 11) is 0. The summed E-state index contributed by atoms with van der Waals surface area (Å²) < 4.78 is 0. The first-order valence-corrected chi connectivity index (χ1v) is 9.44. The third kappa shape index (κ3) is 4.50. The molecule has 1 atom stereocenters. The maximum Gasteiger partial charge on any atom is 0.337 e. The summed E-state index contributed by atoms with van der Waals surface area (Å²) in [6.07, 6.45) is 14.2. The highest BCUT2D eigenvalue weighted by Crippen LogP contribution is 2.33. The van der Waals surface area contributed by atoms with Crippen LogP contribution < -0.4 is 5.32 Å². The summed E-state index contributed by atoms with van der Waals surface area (Å²) in [5, 5.41) is 12.7. The van der Waals surface area contributed by atoms with Crippen LogP contribution in [-0.4, -0.2) is 22.6 Å². The highest BCUT2D eigenvalue weighted by atomic mass is 16.4. The number of carbonyl (C=O) groups is 1. The third-order valence-corrected chi connectivity index (χ3v) is 5.17. The van der Waals surface area contributed by atoms with Crippen LogP contribution in [0.15, 0.2) is 66.0 Å². The number of terminal acetylenes is 1. The number of anilines is 1. The van der Waals surface area contributed by atoms with Crippen molar-refractivity contribution in [2.24, 2.45) is 5.92 Å². The number of aromatic nitrogens is 1. The van der Waals surface area contributed by atoms with Gasteiger partial charge in [0.15, 0.2) is 0 Å². The lowest BCUT2D eigenvalue weighted by atomic mass is 9.81. The molecule has 1 aromatic heterocycles. The number of pyridine rings is 1. The van der Waals surface area contributed by atoms with Crippen LogP contribution in [0.4, 0.5) is 5.69 Å². The number of nitrogens with zero attached hydrogens (tertiary/aromatic N) is 1. The molecule has 1 heterocycles. The van der Waals surface area contributed by atoms with Gasteiger partial charge in [-0.1, -0.05) is 41.8 Å².